The summed E-state index contributed by atoms with van der Waals surface area (Å²) in [4.78, 5) is 0. The molecule has 0 radical (unpaired) electrons. The minimum atomic E-state index is -0.276. The Balaban J connectivity index is 2.72. The number of halogens is 2. The lowest BCUT2D eigenvalue weighted by Crippen LogP contribution is -2.32. The standard InChI is InChI=1S/C13H19ClFN/c1-4-13(16-3)9(2)7-10-5-6-11(15)8-12(10)14/h5-6,8-9,13,16H,4,7H2,1-3H3. The average molecular weight is 244 g/mol. The zero-order valence-electron chi connectivity index (χ0n) is 10.1. The van der Waals surface area contributed by atoms with Gasteiger partial charge in [-0.3, -0.25) is 0 Å². The second-order valence-corrected chi connectivity index (χ2v) is 4.63. The summed E-state index contributed by atoms with van der Waals surface area (Å²) >= 11 is 6.00. The van der Waals surface area contributed by atoms with Crippen molar-refractivity contribution in [1.29, 1.82) is 0 Å². The molecule has 0 aliphatic heterocycles. The highest BCUT2D eigenvalue weighted by Crippen LogP contribution is 2.22. The summed E-state index contributed by atoms with van der Waals surface area (Å²) in [6, 6.07) is 5.09. The molecule has 1 rings (SSSR count). The Kier molecular flexibility index (Phi) is 5.23. The van der Waals surface area contributed by atoms with Crippen LogP contribution in [0.3, 0.4) is 0 Å². The largest absolute Gasteiger partial charge is 0.317 e. The van der Waals surface area contributed by atoms with Crippen molar-refractivity contribution >= 4 is 11.6 Å². The van der Waals surface area contributed by atoms with E-state index in [2.05, 4.69) is 19.2 Å². The molecule has 0 fully saturated rings. The van der Waals surface area contributed by atoms with Crippen LogP contribution in [-0.2, 0) is 6.42 Å². The number of benzene rings is 1. The van der Waals surface area contributed by atoms with Gasteiger partial charge in [0.05, 0.1) is 0 Å². The first kappa shape index (κ1) is 13.5. The Labute approximate surface area is 102 Å². The van der Waals surface area contributed by atoms with Crippen molar-refractivity contribution in [2.75, 3.05) is 7.05 Å². The number of hydrogen-bond donors (Lipinski definition) is 1. The van der Waals surface area contributed by atoms with E-state index in [-0.39, 0.29) is 5.82 Å². The quantitative estimate of drug-likeness (QED) is 0.832. The highest BCUT2D eigenvalue weighted by atomic mass is 35.5. The van der Waals surface area contributed by atoms with Gasteiger partial charge in [0.25, 0.3) is 0 Å². The first-order chi connectivity index (χ1) is 7.58. The summed E-state index contributed by atoms with van der Waals surface area (Å²) in [6.45, 7) is 4.34. The molecule has 2 atom stereocenters. The third kappa shape index (κ3) is 3.46. The van der Waals surface area contributed by atoms with E-state index >= 15 is 0 Å². The zero-order valence-corrected chi connectivity index (χ0v) is 10.8. The highest BCUT2D eigenvalue weighted by molar-refractivity contribution is 6.31. The van der Waals surface area contributed by atoms with Gasteiger partial charge >= 0.3 is 0 Å². The van der Waals surface area contributed by atoms with Crippen molar-refractivity contribution in [2.24, 2.45) is 5.92 Å². The van der Waals surface area contributed by atoms with Crippen LogP contribution in [0.5, 0.6) is 0 Å². The van der Waals surface area contributed by atoms with Crippen LogP contribution < -0.4 is 5.32 Å². The molecule has 0 spiro atoms. The fraction of sp³-hybridized carbons (Fsp3) is 0.538. The van der Waals surface area contributed by atoms with Crippen LogP contribution in [0.15, 0.2) is 18.2 Å². The van der Waals surface area contributed by atoms with E-state index in [0.29, 0.717) is 17.0 Å². The molecular weight excluding hydrogens is 225 g/mol. The van der Waals surface area contributed by atoms with Gasteiger partial charge in [-0.25, -0.2) is 4.39 Å². The van der Waals surface area contributed by atoms with Crippen LogP contribution in [0.1, 0.15) is 25.8 Å². The molecule has 0 aliphatic rings. The second-order valence-electron chi connectivity index (χ2n) is 4.22. The zero-order chi connectivity index (χ0) is 12.1. The van der Waals surface area contributed by atoms with Crippen molar-refractivity contribution in [3.8, 4) is 0 Å². The Morgan fingerprint density at radius 1 is 1.44 bits per heavy atom. The van der Waals surface area contributed by atoms with Crippen LogP contribution in [0, 0.1) is 11.7 Å². The van der Waals surface area contributed by atoms with E-state index in [1.807, 2.05) is 7.05 Å². The fourth-order valence-corrected chi connectivity index (χ4v) is 2.31. The SMILES string of the molecule is CCC(NC)C(C)Cc1ccc(F)cc1Cl. The first-order valence-corrected chi connectivity index (χ1v) is 6.07. The first-order valence-electron chi connectivity index (χ1n) is 5.69. The Bertz CT molecular complexity index is 337. The fourth-order valence-electron chi connectivity index (χ4n) is 2.07. The van der Waals surface area contributed by atoms with Crippen LogP contribution in [0.2, 0.25) is 5.02 Å². The smallest absolute Gasteiger partial charge is 0.124 e. The normalized spacial score (nSPS) is 14.8. The number of rotatable bonds is 5. The Morgan fingerprint density at radius 3 is 2.62 bits per heavy atom. The molecule has 0 aliphatic carbocycles. The van der Waals surface area contributed by atoms with Gasteiger partial charge in [0.1, 0.15) is 5.82 Å². The molecule has 2 unspecified atom stereocenters. The molecule has 1 aromatic carbocycles. The summed E-state index contributed by atoms with van der Waals surface area (Å²) < 4.78 is 12.9. The van der Waals surface area contributed by atoms with Crippen molar-refractivity contribution in [3.05, 3.63) is 34.6 Å². The van der Waals surface area contributed by atoms with Gasteiger partial charge in [-0.2, -0.15) is 0 Å². The Morgan fingerprint density at radius 2 is 2.12 bits per heavy atom. The van der Waals surface area contributed by atoms with E-state index in [1.165, 1.54) is 12.1 Å². The predicted molar refractivity (Wildman–Crippen MR) is 67.4 cm³/mol. The topological polar surface area (TPSA) is 12.0 Å². The van der Waals surface area contributed by atoms with E-state index in [0.717, 1.165) is 18.4 Å². The molecule has 1 aromatic rings. The van der Waals surface area contributed by atoms with Crippen LogP contribution in [0.4, 0.5) is 4.39 Å². The molecule has 0 aromatic heterocycles. The molecule has 1 N–H and O–H groups in total. The van der Waals surface area contributed by atoms with Crippen molar-refractivity contribution in [1.82, 2.24) is 5.32 Å². The molecule has 0 saturated carbocycles. The van der Waals surface area contributed by atoms with Gasteiger partial charge in [-0.1, -0.05) is 31.5 Å². The number of hydrogen-bond acceptors (Lipinski definition) is 1. The summed E-state index contributed by atoms with van der Waals surface area (Å²) in [6.07, 6.45) is 1.95. The second kappa shape index (κ2) is 6.21. The molecule has 0 bridgehead atoms. The van der Waals surface area contributed by atoms with E-state index in [1.54, 1.807) is 6.07 Å². The molecule has 0 heterocycles. The van der Waals surface area contributed by atoms with Crippen LogP contribution in [-0.4, -0.2) is 13.1 Å². The van der Waals surface area contributed by atoms with Crippen LogP contribution in [0.25, 0.3) is 0 Å². The minimum absolute atomic E-state index is 0.276. The van der Waals surface area contributed by atoms with Crippen LogP contribution >= 0.6 is 11.6 Å². The van der Waals surface area contributed by atoms with Gasteiger partial charge in [-0.05, 0) is 43.5 Å². The van der Waals surface area contributed by atoms with Gasteiger partial charge in [-0.15, -0.1) is 0 Å². The molecular formula is C13H19ClFN. The maximum Gasteiger partial charge on any atom is 0.124 e. The third-order valence-electron chi connectivity index (χ3n) is 3.05. The number of nitrogens with one attached hydrogen (secondary N) is 1. The van der Waals surface area contributed by atoms with E-state index in [9.17, 15) is 4.39 Å². The monoisotopic (exact) mass is 243 g/mol. The van der Waals surface area contributed by atoms with Crippen molar-refractivity contribution in [2.45, 2.75) is 32.7 Å². The average Bonchev–Trinajstić information content (AvgIpc) is 2.24. The maximum atomic E-state index is 12.9. The molecule has 90 valence electrons. The van der Waals surface area contributed by atoms with Gasteiger partial charge in [0, 0.05) is 11.1 Å². The minimum Gasteiger partial charge on any atom is -0.317 e. The lowest BCUT2D eigenvalue weighted by Gasteiger charge is -2.22. The predicted octanol–water partition coefficient (Wildman–Crippen LogP) is 3.66. The lowest BCUT2D eigenvalue weighted by atomic mass is 9.92. The molecule has 16 heavy (non-hydrogen) atoms. The van der Waals surface area contributed by atoms with Gasteiger partial charge in [0.2, 0.25) is 0 Å². The van der Waals surface area contributed by atoms with Crippen molar-refractivity contribution in [3.63, 3.8) is 0 Å². The lowest BCUT2D eigenvalue weighted by molar-refractivity contribution is 0.386. The summed E-state index contributed by atoms with van der Waals surface area (Å²) in [5.74, 6) is 0.208. The molecule has 1 nitrogen and oxygen atoms in total. The van der Waals surface area contributed by atoms with Gasteiger partial charge in [0.15, 0.2) is 0 Å². The highest BCUT2D eigenvalue weighted by Gasteiger charge is 2.15. The molecule has 3 heteroatoms. The molecule has 0 amide bonds. The third-order valence-corrected chi connectivity index (χ3v) is 3.41. The van der Waals surface area contributed by atoms with E-state index in [4.69, 9.17) is 11.6 Å². The van der Waals surface area contributed by atoms with E-state index < -0.39 is 0 Å². The maximum absolute atomic E-state index is 12.9. The van der Waals surface area contributed by atoms with Crippen molar-refractivity contribution < 1.29 is 4.39 Å². The summed E-state index contributed by atoms with van der Waals surface area (Å²) in [5, 5.41) is 3.81. The van der Waals surface area contributed by atoms with Gasteiger partial charge < -0.3 is 5.32 Å². The summed E-state index contributed by atoms with van der Waals surface area (Å²) in [5.41, 5.74) is 1.02. The summed E-state index contributed by atoms with van der Waals surface area (Å²) in [7, 11) is 1.97. The Hall–Kier alpha value is -0.600. The molecule has 0 saturated heterocycles.